The van der Waals surface area contributed by atoms with Crippen molar-refractivity contribution in [1.29, 1.82) is 0 Å². The number of carbonyl (C=O) groups is 2. The molecule has 1 heterocycles. The van der Waals surface area contributed by atoms with Gasteiger partial charge in [-0.1, -0.05) is 76.0 Å². The van der Waals surface area contributed by atoms with Crippen LogP contribution in [-0.2, 0) is 16.0 Å². The Bertz CT molecular complexity index is 1130. The molecule has 11 heteroatoms. The molecule has 2 aromatic rings. The van der Waals surface area contributed by atoms with Crippen molar-refractivity contribution in [2.75, 3.05) is 52.4 Å². The van der Waals surface area contributed by atoms with Crippen LogP contribution in [0.4, 0.5) is 0 Å². The first kappa shape index (κ1) is 41.7. The Balaban J connectivity index is 0.000000849. The van der Waals surface area contributed by atoms with Gasteiger partial charge in [0.25, 0.3) is 0 Å². The van der Waals surface area contributed by atoms with E-state index in [1.807, 2.05) is 56.3 Å². The van der Waals surface area contributed by atoms with Crippen LogP contribution in [0, 0.1) is 12.8 Å². The van der Waals surface area contributed by atoms with Crippen molar-refractivity contribution in [1.82, 2.24) is 31.9 Å². The van der Waals surface area contributed by atoms with Gasteiger partial charge in [-0.3, -0.25) is 14.6 Å². The molecule has 2 amide bonds. The molecule has 10 nitrogen and oxygen atoms in total. The molecule has 1 aliphatic rings. The van der Waals surface area contributed by atoms with Crippen molar-refractivity contribution >= 4 is 29.9 Å². The number of para-hydroxylation sites is 1. The maximum Gasteiger partial charge on any atom is 0.234 e. The van der Waals surface area contributed by atoms with Gasteiger partial charge in [0.2, 0.25) is 12.3 Å². The molecular formula is C36H60ClN7O3. The monoisotopic (exact) mass is 673 g/mol. The Hall–Kier alpha value is -3.34. The van der Waals surface area contributed by atoms with E-state index in [0.717, 1.165) is 67.6 Å². The fourth-order valence-electron chi connectivity index (χ4n) is 4.43. The van der Waals surface area contributed by atoms with Crippen molar-refractivity contribution in [2.45, 2.75) is 79.3 Å². The summed E-state index contributed by atoms with van der Waals surface area (Å²) in [6, 6.07) is 15.9. The highest BCUT2D eigenvalue weighted by atomic mass is 35.5. The standard InChI is InChI=1S/C26H45N7O3.C7H7Cl.C3H8/c1-20(2)23(31-18-25(35)33-21(3)16-32-26-29-12-7-13-30-26)17-27-14-15-36-24-10-5-4-8-22(24)9-6-11-28-19-34;1-6-3-2-4-7(8)5-6;1-3-2/h4-5,8,10,19-21,23,27,31H,6-7,9,11-18H2,1-3H3,(H,28,34)(H,33,35)(H2,29,30,32);2-5H,1H3;3H2,1-2H3. The highest BCUT2D eigenvalue weighted by Crippen LogP contribution is 2.19. The lowest BCUT2D eigenvalue weighted by atomic mass is 10.0. The van der Waals surface area contributed by atoms with Gasteiger partial charge in [-0.05, 0) is 68.4 Å². The van der Waals surface area contributed by atoms with E-state index in [9.17, 15) is 9.59 Å². The van der Waals surface area contributed by atoms with Crippen LogP contribution in [0.3, 0.4) is 0 Å². The second-order valence-corrected chi connectivity index (χ2v) is 12.4. The molecule has 2 atom stereocenters. The Morgan fingerprint density at radius 1 is 1.09 bits per heavy atom. The van der Waals surface area contributed by atoms with Gasteiger partial charge in [0.15, 0.2) is 5.96 Å². The molecule has 1 aliphatic heterocycles. The zero-order chi connectivity index (χ0) is 34.7. The number of carbonyl (C=O) groups excluding carboxylic acids is 2. The van der Waals surface area contributed by atoms with Crippen molar-refractivity contribution < 1.29 is 14.3 Å². The average Bonchev–Trinajstić information content (AvgIpc) is 3.05. The molecule has 0 saturated carbocycles. The minimum atomic E-state index is -0.0169. The van der Waals surface area contributed by atoms with Crippen molar-refractivity contribution in [2.24, 2.45) is 10.9 Å². The minimum absolute atomic E-state index is 0.00246. The van der Waals surface area contributed by atoms with E-state index in [4.69, 9.17) is 16.3 Å². The molecule has 0 spiro atoms. The third kappa shape index (κ3) is 21.2. The summed E-state index contributed by atoms with van der Waals surface area (Å²) in [4.78, 5) is 27.2. The largest absolute Gasteiger partial charge is 0.492 e. The number of hydrogen-bond acceptors (Lipinski definition) is 8. The number of benzene rings is 2. The maximum absolute atomic E-state index is 12.4. The summed E-state index contributed by atoms with van der Waals surface area (Å²) >= 11 is 5.64. The van der Waals surface area contributed by atoms with Crippen LogP contribution >= 0.6 is 11.6 Å². The lowest BCUT2D eigenvalue weighted by Crippen LogP contribution is -2.51. The van der Waals surface area contributed by atoms with Gasteiger partial charge in [-0.15, -0.1) is 0 Å². The van der Waals surface area contributed by atoms with E-state index in [1.165, 1.54) is 12.0 Å². The van der Waals surface area contributed by atoms with Gasteiger partial charge in [0.1, 0.15) is 12.4 Å². The molecular weight excluding hydrogens is 614 g/mol. The second-order valence-electron chi connectivity index (χ2n) is 11.9. The Morgan fingerprint density at radius 2 is 1.85 bits per heavy atom. The van der Waals surface area contributed by atoms with E-state index in [1.54, 1.807) is 0 Å². The summed E-state index contributed by atoms with van der Waals surface area (Å²) in [5, 5.41) is 19.8. The van der Waals surface area contributed by atoms with E-state index in [0.29, 0.717) is 32.2 Å². The van der Waals surface area contributed by atoms with Gasteiger partial charge < -0.3 is 36.6 Å². The summed E-state index contributed by atoms with van der Waals surface area (Å²) in [6.45, 7) is 17.9. The van der Waals surface area contributed by atoms with Crippen LogP contribution in [0.15, 0.2) is 53.5 Å². The molecule has 0 fully saturated rings. The van der Waals surface area contributed by atoms with Gasteiger partial charge in [0, 0.05) is 56.4 Å². The van der Waals surface area contributed by atoms with Crippen LogP contribution in [0.25, 0.3) is 0 Å². The van der Waals surface area contributed by atoms with E-state index in [2.05, 4.69) is 70.7 Å². The van der Waals surface area contributed by atoms with Gasteiger partial charge in [0.05, 0.1) is 6.54 Å². The molecule has 6 N–H and O–H groups in total. The van der Waals surface area contributed by atoms with Gasteiger partial charge >= 0.3 is 0 Å². The molecule has 0 aliphatic carbocycles. The second kappa shape index (κ2) is 26.7. The third-order valence-electron chi connectivity index (χ3n) is 6.91. The maximum atomic E-state index is 12.4. The summed E-state index contributed by atoms with van der Waals surface area (Å²) in [7, 11) is 0. The number of aryl methyl sites for hydroxylation is 2. The number of hydrogen-bond donors (Lipinski definition) is 6. The molecule has 47 heavy (non-hydrogen) atoms. The van der Waals surface area contributed by atoms with Gasteiger partial charge in [-0.2, -0.15) is 0 Å². The van der Waals surface area contributed by atoms with Crippen LogP contribution in [-0.4, -0.2) is 82.8 Å². The first-order chi connectivity index (χ1) is 22.7. The molecule has 0 bridgehead atoms. The highest BCUT2D eigenvalue weighted by Gasteiger charge is 2.15. The molecule has 3 rings (SSSR count). The number of rotatable bonds is 18. The fraction of sp³-hybridized carbons (Fsp3) is 0.583. The quantitative estimate of drug-likeness (QED) is 0.102. The first-order valence-corrected chi connectivity index (χ1v) is 17.4. The van der Waals surface area contributed by atoms with Crippen molar-refractivity contribution in [3.05, 3.63) is 64.7 Å². The van der Waals surface area contributed by atoms with E-state index >= 15 is 0 Å². The Labute approximate surface area is 288 Å². The molecule has 264 valence electrons. The molecule has 0 aromatic heterocycles. The molecule has 0 saturated heterocycles. The lowest BCUT2D eigenvalue weighted by Gasteiger charge is -2.24. The lowest BCUT2D eigenvalue weighted by molar-refractivity contribution is -0.121. The normalized spacial score (nSPS) is 13.3. The Kier molecular flexibility index (Phi) is 23.7. The fourth-order valence-corrected chi connectivity index (χ4v) is 4.68. The number of ether oxygens (including phenoxy) is 1. The highest BCUT2D eigenvalue weighted by molar-refractivity contribution is 6.30. The van der Waals surface area contributed by atoms with Crippen LogP contribution in [0.5, 0.6) is 5.75 Å². The predicted molar refractivity (Wildman–Crippen MR) is 197 cm³/mol. The minimum Gasteiger partial charge on any atom is -0.492 e. The van der Waals surface area contributed by atoms with Crippen LogP contribution in [0.2, 0.25) is 5.02 Å². The number of nitrogens with zero attached hydrogens (tertiary/aromatic N) is 1. The van der Waals surface area contributed by atoms with Crippen LogP contribution in [0.1, 0.15) is 65.0 Å². The number of halogens is 1. The molecule has 2 unspecified atom stereocenters. The summed E-state index contributed by atoms with van der Waals surface area (Å²) < 4.78 is 5.99. The summed E-state index contributed by atoms with van der Waals surface area (Å²) in [6.07, 6.45) is 4.75. The molecule has 2 aromatic carbocycles. The van der Waals surface area contributed by atoms with E-state index < -0.39 is 0 Å². The summed E-state index contributed by atoms with van der Waals surface area (Å²) in [5.41, 5.74) is 2.35. The Morgan fingerprint density at radius 3 is 2.49 bits per heavy atom. The third-order valence-corrected chi connectivity index (χ3v) is 7.15. The van der Waals surface area contributed by atoms with Crippen LogP contribution < -0.4 is 36.6 Å². The number of amides is 2. The first-order valence-electron chi connectivity index (χ1n) is 17.1. The topological polar surface area (TPSA) is 128 Å². The summed E-state index contributed by atoms with van der Waals surface area (Å²) in [5.74, 6) is 2.06. The van der Waals surface area contributed by atoms with E-state index in [-0.39, 0.29) is 24.5 Å². The van der Waals surface area contributed by atoms with Crippen molar-refractivity contribution in [3.63, 3.8) is 0 Å². The number of guanidine groups is 1. The zero-order valence-corrected chi connectivity index (χ0v) is 30.2. The average molecular weight is 674 g/mol. The number of nitrogens with one attached hydrogen (secondary N) is 6. The zero-order valence-electron chi connectivity index (χ0n) is 29.5. The predicted octanol–water partition coefficient (Wildman–Crippen LogP) is 4.46. The van der Waals surface area contributed by atoms with Crippen molar-refractivity contribution in [3.8, 4) is 5.75 Å². The van der Waals surface area contributed by atoms with Gasteiger partial charge in [-0.25, -0.2) is 0 Å². The smallest absolute Gasteiger partial charge is 0.234 e. The number of aliphatic imine (C=N–C) groups is 1. The molecule has 0 radical (unpaired) electrons. The SMILES string of the molecule is CC(CNC1=NCCCN1)NC(=O)CNC(CNCCOc1ccccc1CCCNC=O)C(C)C.CCC.Cc1cccc(Cl)c1.